The first-order valence-electron chi connectivity index (χ1n) is 6.33. The Morgan fingerprint density at radius 2 is 2.15 bits per heavy atom. The standard InChI is InChI=1S/C13H19F3N2OS/c1-10(8-17-6-3-7-19-2)20-12-5-4-11(9-18-12)13(14,15)16/h4-5,9-10,17H,3,6-8H2,1-2H3. The molecule has 1 aromatic heterocycles. The summed E-state index contributed by atoms with van der Waals surface area (Å²) in [7, 11) is 1.66. The fraction of sp³-hybridized carbons (Fsp3) is 0.615. The molecule has 0 aliphatic rings. The molecule has 0 aliphatic carbocycles. The molecule has 1 heterocycles. The van der Waals surface area contributed by atoms with Crippen LogP contribution in [-0.2, 0) is 10.9 Å². The molecule has 1 N–H and O–H groups in total. The summed E-state index contributed by atoms with van der Waals surface area (Å²) < 4.78 is 42.1. The predicted octanol–water partition coefficient (Wildman–Crippen LogP) is 3.21. The number of nitrogens with zero attached hydrogens (tertiary/aromatic N) is 1. The average Bonchev–Trinajstić information content (AvgIpc) is 2.38. The van der Waals surface area contributed by atoms with E-state index < -0.39 is 11.7 Å². The number of methoxy groups -OCH3 is 1. The van der Waals surface area contributed by atoms with Gasteiger partial charge in [-0.3, -0.25) is 0 Å². The predicted molar refractivity (Wildman–Crippen MR) is 73.9 cm³/mol. The second-order valence-electron chi connectivity index (χ2n) is 4.36. The van der Waals surface area contributed by atoms with Gasteiger partial charge in [0.2, 0.25) is 0 Å². The quantitative estimate of drug-likeness (QED) is 0.591. The molecule has 0 saturated heterocycles. The van der Waals surface area contributed by atoms with E-state index in [4.69, 9.17) is 4.74 Å². The van der Waals surface area contributed by atoms with Gasteiger partial charge in [-0.25, -0.2) is 4.98 Å². The lowest BCUT2D eigenvalue weighted by molar-refractivity contribution is -0.137. The Labute approximate surface area is 121 Å². The van der Waals surface area contributed by atoms with E-state index in [1.165, 1.54) is 17.8 Å². The van der Waals surface area contributed by atoms with Crippen molar-refractivity contribution < 1.29 is 17.9 Å². The fourth-order valence-electron chi connectivity index (χ4n) is 1.51. The van der Waals surface area contributed by atoms with Gasteiger partial charge in [0.05, 0.1) is 10.6 Å². The molecule has 0 aromatic carbocycles. The number of thioether (sulfide) groups is 1. The van der Waals surface area contributed by atoms with Gasteiger partial charge in [0.25, 0.3) is 0 Å². The number of rotatable bonds is 8. The van der Waals surface area contributed by atoms with Crippen LogP contribution in [0.5, 0.6) is 0 Å². The molecular formula is C13H19F3N2OS. The minimum atomic E-state index is -4.33. The van der Waals surface area contributed by atoms with Crippen LogP contribution in [0.2, 0.25) is 0 Å². The van der Waals surface area contributed by atoms with Crippen molar-refractivity contribution in [3.63, 3.8) is 0 Å². The zero-order chi connectivity index (χ0) is 15.0. The molecule has 1 aromatic rings. The highest BCUT2D eigenvalue weighted by Crippen LogP contribution is 2.30. The zero-order valence-corrected chi connectivity index (χ0v) is 12.4. The van der Waals surface area contributed by atoms with Crippen molar-refractivity contribution in [1.29, 1.82) is 0 Å². The molecule has 114 valence electrons. The third-order valence-corrected chi connectivity index (χ3v) is 3.57. The zero-order valence-electron chi connectivity index (χ0n) is 11.5. The normalized spacial score (nSPS) is 13.4. The van der Waals surface area contributed by atoms with Crippen LogP contribution in [0.25, 0.3) is 0 Å². The second-order valence-corrected chi connectivity index (χ2v) is 5.82. The largest absolute Gasteiger partial charge is 0.417 e. The van der Waals surface area contributed by atoms with E-state index in [-0.39, 0.29) is 5.25 Å². The number of hydrogen-bond donors (Lipinski definition) is 1. The van der Waals surface area contributed by atoms with Crippen molar-refractivity contribution in [2.24, 2.45) is 0 Å². The molecule has 0 bridgehead atoms. The Bertz CT molecular complexity index is 384. The van der Waals surface area contributed by atoms with Crippen LogP contribution in [-0.4, -0.2) is 37.0 Å². The van der Waals surface area contributed by atoms with Gasteiger partial charge in [-0.15, -0.1) is 11.8 Å². The van der Waals surface area contributed by atoms with Crippen LogP contribution in [0, 0.1) is 0 Å². The monoisotopic (exact) mass is 308 g/mol. The Balaban J connectivity index is 2.33. The van der Waals surface area contributed by atoms with Gasteiger partial charge in [0.1, 0.15) is 0 Å². The SMILES string of the molecule is COCCCNCC(C)Sc1ccc(C(F)(F)F)cn1. The second kappa shape index (κ2) is 8.49. The molecule has 1 unspecified atom stereocenters. The molecule has 0 aliphatic heterocycles. The minimum Gasteiger partial charge on any atom is -0.385 e. The Morgan fingerprint density at radius 3 is 2.70 bits per heavy atom. The number of ether oxygens (including phenoxy) is 1. The van der Waals surface area contributed by atoms with E-state index >= 15 is 0 Å². The lowest BCUT2D eigenvalue weighted by Crippen LogP contribution is -2.24. The molecule has 0 fully saturated rings. The molecule has 0 amide bonds. The first-order chi connectivity index (χ1) is 9.43. The maximum atomic E-state index is 12.4. The number of alkyl halides is 3. The highest BCUT2D eigenvalue weighted by atomic mass is 32.2. The number of hydrogen-bond acceptors (Lipinski definition) is 4. The van der Waals surface area contributed by atoms with Gasteiger partial charge in [0.15, 0.2) is 0 Å². The van der Waals surface area contributed by atoms with Gasteiger partial charge in [-0.05, 0) is 25.1 Å². The van der Waals surface area contributed by atoms with Gasteiger partial charge in [0, 0.05) is 31.7 Å². The van der Waals surface area contributed by atoms with Gasteiger partial charge in [-0.2, -0.15) is 13.2 Å². The first-order valence-corrected chi connectivity index (χ1v) is 7.21. The van der Waals surface area contributed by atoms with Crippen molar-refractivity contribution in [2.45, 2.75) is 29.8 Å². The molecule has 7 heteroatoms. The minimum absolute atomic E-state index is 0.238. The van der Waals surface area contributed by atoms with Crippen molar-refractivity contribution in [3.05, 3.63) is 23.9 Å². The summed E-state index contributed by atoms with van der Waals surface area (Å²) in [5.41, 5.74) is -0.716. The van der Waals surface area contributed by atoms with E-state index in [0.717, 1.165) is 38.4 Å². The van der Waals surface area contributed by atoms with E-state index in [2.05, 4.69) is 10.3 Å². The molecule has 1 rings (SSSR count). The average molecular weight is 308 g/mol. The summed E-state index contributed by atoms with van der Waals surface area (Å²) >= 11 is 1.45. The van der Waals surface area contributed by atoms with Gasteiger partial charge in [-0.1, -0.05) is 6.92 Å². The van der Waals surface area contributed by atoms with Gasteiger partial charge >= 0.3 is 6.18 Å². The Kier molecular flexibility index (Phi) is 7.32. The number of pyridine rings is 1. The molecule has 0 saturated carbocycles. The van der Waals surface area contributed by atoms with Crippen LogP contribution in [0.4, 0.5) is 13.2 Å². The van der Waals surface area contributed by atoms with E-state index in [1.54, 1.807) is 7.11 Å². The van der Waals surface area contributed by atoms with Crippen LogP contribution in [0.1, 0.15) is 18.9 Å². The van der Waals surface area contributed by atoms with Crippen LogP contribution >= 0.6 is 11.8 Å². The molecule has 0 spiro atoms. The molecule has 3 nitrogen and oxygen atoms in total. The maximum absolute atomic E-state index is 12.4. The summed E-state index contributed by atoms with van der Waals surface area (Å²) in [6.07, 6.45) is -2.52. The molecule has 1 atom stereocenters. The highest BCUT2D eigenvalue weighted by molar-refractivity contribution is 7.99. The summed E-state index contributed by atoms with van der Waals surface area (Å²) in [6.45, 7) is 4.36. The van der Waals surface area contributed by atoms with Gasteiger partial charge < -0.3 is 10.1 Å². The summed E-state index contributed by atoms with van der Waals surface area (Å²) in [4.78, 5) is 3.84. The first kappa shape index (κ1) is 17.3. The molecular weight excluding hydrogens is 289 g/mol. The van der Waals surface area contributed by atoms with Crippen molar-refractivity contribution in [3.8, 4) is 0 Å². The summed E-state index contributed by atoms with van der Waals surface area (Å²) in [5.74, 6) is 0. The summed E-state index contributed by atoms with van der Waals surface area (Å²) in [6, 6.07) is 2.48. The topological polar surface area (TPSA) is 34.1 Å². The lowest BCUT2D eigenvalue weighted by Gasteiger charge is -2.12. The lowest BCUT2D eigenvalue weighted by atomic mass is 10.3. The smallest absolute Gasteiger partial charge is 0.385 e. The highest BCUT2D eigenvalue weighted by Gasteiger charge is 2.30. The van der Waals surface area contributed by atoms with E-state index in [0.29, 0.717) is 5.03 Å². The van der Waals surface area contributed by atoms with Crippen molar-refractivity contribution in [2.75, 3.05) is 26.8 Å². The molecule has 0 radical (unpaired) electrons. The Morgan fingerprint density at radius 1 is 1.40 bits per heavy atom. The summed E-state index contributed by atoms with van der Waals surface area (Å²) in [5, 5.41) is 4.11. The fourth-order valence-corrected chi connectivity index (χ4v) is 2.39. The third-order valence-electron chi connectivity index (χ3n) is 2.52. The van der Waals surface area contributed by atoms with E-state index in [1.807, 2.05) is 6.92 Å². The van der Waals surface area contributed by atoms with Crippen molar-refractivity contribution in [1.82, 2.24) is 10.3 Å². The maximum Gasteiger partial charge on any atom is 0.417 e. The number of aromatic nitrogens is 1. The van der Waals surface area contributed by atoms with Crippen LogP contribution < -0.4 is 5.32 Å². The number of nitrogens with one attached hydrogen (secondary N) is 1. The third kappa shape index (κ3) is 6.58. The molecule has 20 heavy (non-hydrogen) atoms. The van der Waals surface area contributed by atoms with Crippen LogP contribution in [0.3, 0.4) is 0 Å². The van der Waals surface area contributed by atoms with E-state index in [9.17, 15) is 13.2 Å². The Hall–Kier alpha value is -0.790. The van der Waals surface area contributed by atoms with Crippen molar-refractivity contribution >= 4 is 11.8 Å². The number of halogens is 3. The van der Waals surface area contributed by atoms with Crippen LogP contribution in [0.15, 0.2) is 23.4 Å².